The van der Waals surface area contributed by atoms with E-state index in [-0.39, 0.29) is 10.9 Å². The van der Waals surface area contributed by atoms with Crippen molar-refractivity contribution in [3.8, 4) is 0 Å². The molecule has 0 spiro atoms. The van der Waals surface area contributed by atoms with Crippen molar-refractivity contribution in [3.63, 3.8) is 0 Å². The second-order valence-corrected chi connectivity index (χ2v) is 6.45. The van der Waals surface area contributed by atoms with Crippen LogP contribution in [0, 0.1) is 5.82 Å². The fourth-order valence-corrected chi connectivity index (χ4v) is 2.93. The predicted octanol–water partition coefficient (Wildman–Crippen LogP) is 2.04. The van der Waals surface area contributed by atoms with E-state index in [1.165, 1.54) is 12.1 Å². The van der Waals surface area contributed by atoms with Gasteiger partial charge in [0.15, 0.2) is 9.84 Å². The average Bonchev–Trinajstić information content (AvgIpc) is 2.29. The van der Waals surface area contributed by atoms with Crippen LogP contribution in [0.15, 0.2) is 23.1 Å². The van der Waals surface area contributed by atoms with Crippen LogP contribution in [0.2, 0.25) is 0 Å². The summed E-state index contributed by atoms with van der Waals surface area (Å²) in [5, 5.41) is 3.32. The Hall–Kier alpha value is -0.940. The van der Waals surface area contributed by atoms with Gasteiger partial charge in [-0.3, -0.25) is 0 Å². The van der Waals surface area contributed by atoms with Crippen LogP contribution in [0.5, 0.6) is 0 Å². The van der Waals surface area contributed by atoms with E-state index < -0.39 is 15.7 Å². The molecule has 3 nitrogen and oxygen atoms in total. The monoisotopic (exact) mass is 257 g/mol. The second kappa shape index (κ2) is 4.74. The Balaban J connectivity index is 2.37. The van der Waals surface area contributed by atoms with E-state index in [9.17, 15) is 12.8 Å². The number of rotatable bonds is 2. The van der Waals surface area contributed by atoms with Crippen molar-refractivity contribution >= 4 is 9.84 Å². The second-order valence-electron chi connectivity index (χ2n) is 4.46. The third kappa shape index (κ3) is 2.84. The Bertz CT molecular complexity index is 507. The van der Waals surface area contributed by atoms with Gasteiger partial charge in [0.2, 0.25) is 0 Å². The summed E-state index contributed by atoms with van der Waals surface area (Å²) in [6.07, 6.45) is 4.25. The number of benzene rings is 1. The largest absolute Gasteiger partial charge is 0.310 e. The Morgan fingerprint density at radius 2 is 2.12 bits per heavy atom. The molecular weight excluding hydrogens is 241 g/mol. The Labute approximate surface area is 101 Å². The molecule has 0 aliphatic carbocycles. The van der Waals surface area contributed by atoms with Crippen molar-refractivity contribution in [1.29, 1.82) is 0 Å². The predicted molar refractivity (Wildman–Crippen MR) is 64.1 cm³/mol. The number of hydrogen-bond donors (Lipinski definition) is 1. The molecule has 1 saturated heterocycles. The summed E-state index contributed by atoms with van der Waals surface area (Å²) < 4.78 is 36.3. The number of sulfone groups is 1. The van der Waals surface area contributed by atoms with Gasteiger partial charge in [0, 0.05) is 12.3 Å². The van der Waals surface area contributed by atoms with Crippen molar-refractivity contribution in [2.24, 2.45) is 0 Å². The number of piperidine rings is 1. The van der Waals surface area contributed by atoms with Gasteiger partial charge in [-0.25, -0.2) is 12.8 Å². The highest BCUT2D eigenvalue weighted by Gasteiger charge is 2.19. The van der Waals surface area contributed by atoms with Crippen LogP contribution >= 0.6 is 0 Å². The van der Waals surface area contributed by atoms with Crippen molar-refractivity contribution < 1.29 is 12.8 Å². The van der Waals surface area contributed by atoms with Crippen molar-refractivity contribution in [1.82, 2.24) is 5.32 Å². The van der Waals surface area contributed by atoms with Gasteiger partial charge in [0.05, 0.1) is 0 Å². The molecule has 2 rings (SSSR count). The third-order valence-corrected chi connectivity index (χ3v) is 4.18. The third-order valence-electron chi connectivity index (χ3n) is 3.07. The summed E-state index contributed by atoms with van der Waals surface area (Å²) in [5.41, 5.74) is 0.853. The lowest BCUT2D eigenvalue weighted by molar-refractivity contribution is 0.411. The van der Waals surface area contributed by atoms with Gasteiger partial charge in [-0.05, 0) is 37.1 Å². The number of hydrogen-bond acceptors (Lipinski definition) is 3. The summed E-state index contributed by atoms with van der Waals surface area (Å²) in [6, 6.07) is 4.49. The van der Waals surface area contributed by atoms with E-state index in [0.29, 0.717) is 0 Å². The zero-order valence-corrected chi connectivity index (χ0v) is 10.6. The van der Waals surface area contributed by atoms with Gasteiger partial charge < -0.3 is 5.32 Å². The summed E-state index contributed by atoms with van der Waals surface area (Å²) in [5.74, 6) is -0.674. The minimum Gasteiger partial charge on any atom is -0.310 e. The van der Waals surface area contributed by atoms with E-state index in [0.717, 1.165) is 37.6 Å². The van der Waals surface area contributed by atoms with Crippen LogP contribution in [0.3, 0.4) is 0 Å². The first-order chi connectivity index (χ1) is 7.98. The van der Waals surface area contributed by atoms with E-state index in [4.69, 9.17) is 0 Å². The summed E-state index contributed by atoms with van der Waals surface area (Å²) in [4.78, 5) is -0.206. The zero-order chi connectivity index (χ0) is 12.5. The molecule has 1 N–H and O–H groups in total. The molecule has 5 heteroatoms. The van der Waals surface area contributed by atoms with Crippen LogP contribution in [-0.4, -0.2) is 21.2 Å². The molecule has 0 saturated carbocycles. The standard InChI is InChI=1S/C12H16FNO2S/c1-17(15,16)12-8-9(5-6-10(12)13)11-4-2-3-7-14-11/h5-6,8,11,14H,2-4,7H2,1H3. The SMILES string of the molecule is CS(=O)(=O)c1cc(C2CCCCN2)ccc1F. The van der Waals surface area contributed by atoms with Crippen LogP contribution in [0.1, 0.15) is 30.9 Å². The molecule has 17 heavy (non-hydrogen) atoms. The molecule has 0 radical (unpaired) electrons. The summed E-state index contributed by atoms with van der Waals surface area (Å²) in [7, 11) is -3.50. The molecule has 1 fully saturated rings. The zero-order valence-electron chi connectivity index (χ0n) is 9.74. The Kier molecular flexibility index (Phi) is 3.49. The molecule has 94 valence electrons. The van der Waals surface area contributed by atoms with Gasteiger partial charge in [-0.15, -0.1) is 0 Å². The summed E-state index contributed by atoms with van der Waals surface area (Å²) >= 11 is 0. The quantitative estimate of drug-likeness (QED) is 0.882. The normalized spacial score (nSPS) is 21.4. The van der Waals surface area contributed by atoms with Crippen molar-refractivity contribution in [2.75, 3.05) is 12.8 Å². The average molecular weight is 257 g/mol. The van der Waals surface area contributed by atoms with Crippen molar-refractivity contribution in [3.05, 3.63) is 29.6 Å². The Morgan fingerprint density at radius 1 is 1.35 bits per heavy atom. The fraction of sp³-hybridized carbons (Fsp3) is 0.500. The highest BCUT2D eigenvalue weighted by molar-refractivity contribution is 7.90. The molecule has 1 heterocycles. The fourth-order valence-electron chi connectivity index (χ4n) is 2.16. The molecule has 1 aromatic carbocycles. The van der Waals surface area contributed by atoms with E-state index >= 15 is 0 Å². The van der Waals surface area contributed by atoms with E-state index in [1.807, 2.05) is 0 Å². The first-order valence-corrected chi connectivity index (χ1v) is 7.60. The molecule has 1 aromatic rings. The number of halogens is 1. The molecule has 1 atom stereocenters. The van der Waals surface area contributed by atoms with Crippen molar-refractivity contribution in [2.45, 2.75) is 30.2 Å². The molecular formula is C12H16FNO2S. The molecule has 1 unspecified atom stereocenters. The highest BCUT2D eigenvalue weighted by Crippen LogP contribution is 2.26. The summed E-state index contributed by atoms with van der Waals surface area (Å²) in [6.45, 7) is 0.927. The maximum Gasteiger partial charge on any atom is 0.178 e. The lowest BCUT2D eigenvalue weighted by atomic mass is 9.98. The first kappa shape index (κ1) is 12.5. The first-order valence-electron chi connectivity index (χ1n) is 5.71. The molecule has 1 aliphatic rings. The van der Waals surface area contributed by atoms with E-state index in [1.54, 1.807) is 6.07 Å². The lowest BCUT2D eigenvalue weighted by Gasteiger charge is -2.24. The van der Waals surface area contributed by atoms with E-state index in [2.05, 4.69) is 5.32 Å². The molecule has 0 bridgehead atoms. The van der Waals surface area contributed by atoms with Crippen LogP contribution in [0.25, 0.3) is 0 Å². The van der Waals surface area contributed by atoms with Crippen LogP contribution < -0.4 is 5.32 Å². The molecule has 1 aliphatic heterocycles. The smallest absolute Gasteiger partial charge is 0.178 e. The molecule has 0 aromatic heterocycles. The van der Waals surface area contributed by atoms with Gasteiger partial charge in [0.1, 0.15) is 10.7 Å². The van der Waals surface area contributed by atoms with Gasteiger partial charge in [0.25, 0.3) is 0 Å². The van der Waals surface area contributed by atoms with Crippen LogP contribution in [-0.2, 0) is 9.84 Å². The maximum atomic E-state index is 13.4. The lowest BCUT2D eigenvalue weighted by Crippen LogP contribution is -2.26. The van der Waals surface area contributed by atoms with Gasteiger partial charge in [-0.2, -0.15) is 0 Å². The Morgan fingerprint density at radius 3 is 2.71 bits per heavy atom. The van der Waals surface area contributed by atoms with Gasteiger partial charge in [-0.1, -0.05) is 12.5 Å². The number of nitrogens with one attached hydrogen (secondary N) is 1. The minimum absolute atomic E-state index is 0.143. The minimum atomic E-state index is -3.50. The van der Waals surface area contributed by atoms with Gasteiger partial charge >= 0.3 is 0 Å². The maximum absolute atomic E-state index is 13.4. The topological polar surface area (TPSA) is 46.2 Å². The van der Waals surface area contributed by atoms with Crippen LogP contribution in [0.4, 0.5) is 4.39 Å². The highest BCUT2D eigenvalue weighted by atomic mass is 32.2. The molecule has 0 amide bonds.